The molecule has 0 bridgehead atoms. The topological polar surface area (TPSA) is 30.7 Å². The first-order valence-corrected chi connectivity index (χ1v) is 3.99. The summed E-state index contributed by atoms with van der Waals surface area (Å²) in [7, 11) is 0. The van der Waals surface area contributed by atoms with Crippen LogP contribution in [0.3, 0.4) is 0 Å². The highest BCUT2D eigenvalue weighted by Crippen LogP contribution is 2.16. The first-order chi connectivity index (χ1) is 4.63. The van der Waals surface area contributed by atoms with Crippen LogP contribution in [0.1, 0.15) is 25.6 Å². The number of rotatable bonds is 1. The van der Waals surface area contributed by atoms with E-state index in [-0.39, 0.29) is 0 Å². The maximum Gasteiger partial charge on any atom is 0.127 e. The highest BCUT2D eigenvalue weighted by Gasteiger charge is 2.07. The molecule has 4 heteroatoms. The van der Waals surface area contributed by atoms with Gasteiger partial charge < -0.3 is 0 Å². The maximum absolute atomic E-state index is 3.93. The van der Waals surface area contributed by atoms with Gasteiger partial charge in [-0.25, -0.2) is 4.68 Å². The molecule has 0 N–H and O–H groups in total. The Morgan fingerprint density at radius 2 is 2.10 bits per heavy atom. The molecule has 1 heterocycles. The van der Waals surface area contributed by atoms with Crippen molar-refractivity contribution >= 4 is 15.9 Å². The molecule has 0 aliphatic rings. The highest BCUT2D eigenvalue weighted by atomic mass is 79.9. The summed E-state index contributed by atoms with van der Waals surface area (Å²) in [5.41, 5.74) is 0.939. The number of aromatic nitrogens is 3. The molecular formula is C6H10BrN3. The minimum atomic E-state index is 0.371. The molecule has 0 amide bonds. The van der Waals surface area contributed by atoms with Gasteiger partial charge in [0.15, 0.2) is 0 Å². The predicted octanol–water partition coefficient (Wildman–Crippen LogP) is 1.93. The van der Waals surface area contributed by atoms with Crippen LogP contribution in [-0.2, 0) is 0 Å². The van der Waals surface area contributed by atoms with E-state index in [0.717, 1.165) is 10.3 Å². The lowest BCUT2D eigenvalue weighted by atomic mass is 10.4. The Morgan fingerprint density at radius 3 is 2.30 bits per heavy atom. The fraction of sp³-hybridized carbons (Fsp3) is 0.667. The van der Waals surface area contributed by atoms with Gasteiger partial charge in [0.2, 0.25) is 0 Å². The number of hydrogen-bond acceptors (Lipinski definition) is 2. The number of nitrogens with zero attached hydrogens (tertiary/aromatic N) is 3. The molecule has 10 heavy (non-hydrogen) atoms. The number of aryl methyl sites for hydroxylation is 1. The van der Waals surface area contributed by atoms with E-state index in [0.29, 0.717) is 6.04 Å². The van der Waals surface area contributed by atoms with E-state index in [4.69, 9.17) is 0 Å². The van der Waals surface area contributed by atoms with Gasteiger partial charge in [-0.05, 0) is 36.7 Å². The largest absolute Gasteiger partial charge is 0.236 e. The van der Waals surface area contributed by atoms with Gasteiger partial charge in [0.1, 0.15) is 4.60 Å². The molecule has 1 rings (SSSR count). The van der Waals surface area contributed by atoms with Crippen LogP contribution in [0, 0.1) is 6.92 Å². The molecule has 56 valence electrons. The highest BCUT2D eigenvalue weighted by molar-refractivity contribution is 9.10. The lowest BCUT2D eigenvalue weighted by molar-refractivity contribution is 0.505. The smallest absolute Gasteiger partial charge is 0.127 e. The molecule has 0 radical (unpaired) electrons. The van der Waals surface area contributed by atoms with E-state index < -0.39 is 0 Å². The van der Waals surface area contributed by atoms with E-state index in [1.165, 1.54) is 0 Å². The van der Waals surface area contributed by atoms with Crippen LogP contribution < -0.4 is 0 Å². The standard InChI is InChI=1S/C6H10BrN3/c1-4(2)10-6(7)5(3)8-9-10/h4H,1-3H3. The molecule has 0 aliphatic heterocycles. The summed E-state index contributed by atoms with van der Waals surface area (Å²) < 4.78 is 2.82. The van der Waals surface area contributed by atoms with Gasteiger partial charge in [-0.15, -0.1) is 5.10 Å². The second-order valence-corrected chi connectivity index (χ2v) is 3.26. The molecule has 0 spiro atoms. The Balaban J connectivity index is 3.05. The third kappa shape index (κ3) is 1.21. The van der Waals surface area contributed by atoms with Gasteiger partial charge in [-0.2, -0.15) is 0 Å². The van der Waals surface area contributed by atoms with Gasteiger partial charge >= 0.3 is 0 Å². The van der Waals surface area contributed by atoms with Crippen molar-refractivity contribution in [3.05, 3.63) is 10.3 Å². The third-order valence-electron chi connectivity index (χ3n) is 1.28. The summed E-state index contributed by atoms with van der Waals surface area (Å²) in [6, 6.07) is 0.371. The average molecular weight is 204 g/mol. The monoisotopic (exact) mass is 203 g/mol. The fourth-order valence-corrected chi connectivity index (χ4v) is 1.25. The van der Waals surface area contributed by atoms with Gasteiger partial charge in [0.25, 0.3) is 0 Å². The zero-order valence-electron chi connectivity index (χ0n) is 6.30. The van der Waals surface area contributed by atoms with Crippen LogP contribution >= 0.6 is 15.9 Å². The summed E-state index contributed by atoms with van der Waals surface area (Å²) in [5.74, 6) is 0. The van der Waals surface area contributed by atoms with E-state index in [1.54, 1.807) is 0 Å². The van der Waals surface area contributed by atoms with Gasteiger partial charge in [0, 0.05) is 6.04 Å². The predicted molar refractivity (Wildman–Crippen MR) is 42.8 cm³/mol. The van der Waals surface area contributed by atoms with Crippen LogP contribution in [0.15, 0.2) is 4.60 Å². The zero-order valence-corrected chi connectivity index (χ0v) is 7.88. The van der Waals surface area contributed by atoms with Gasteiger partial charge in [-0.1, -0.05) is 5.21 Å². The molecule has 1 aromatic heterocycles. The minimum absolute atomic E-state index is 0.371. The Kier molecular flexibility index (Phi) is 2.08. The van der Waals surface area contributed by atoms with E-state index in [9.17, 15) is 0 Å². The Hall–Kier alpha value is -0.380. The molecule has 0 saturated carbocycles. The van der Waals surface area contributed by atoms with Gasteiger partial charge in [-0.3, -0.25) is 0 Å². The normalized spacial score (nSPS) is 10.9. The van der Waals surface area contributed by atoms with Crippen molar-refractivity contribution in [1.82, 2.24) is 15.0 Å². The average Bonchev–Trinajstić information content (AvgIpc) is 2.14. The molecule has 3 nitrogen and oxygen atoms in total. The van der Waals surface area contributed by atoms with Crippen molar-refractivity contribution in [2.75, 3.05) is 0 Å². The molecular weight excluding hydrogens is 194 g/mol. The summed E-state index contributed by atoms with van der Waals surface area (Å²) in [4.78, 5) is 0. The van der Waals surface area contributed by atoms with Crippen LogP contribution in [-0.4, -0.2) is 15.0 Å². The van der Waals surface area contributed by atoms with E-state index in [2.05, 4.69) is 40.1 Å². The molecule has 0 aliphatic carbocycles. The Morgan fingerprint density at radius 1 is 1.50 bits per heavy atom. The van der Waals surface area contributed by atoms with Crippen molar-refractivity contribution in [2.45, 2.75) is 26.8 Å². The summed E-state index contributed by atoms with van der Waals surface area (Å²) in [6.45, 7) is 6.06. The molecule has 1 aromatic rings. The lowest BCUT2D eigenvalue weighted by Crippen LogP contribution is -2.02. The Labute approximate surface area is 68.6 Å². The van der Waals surface area contributed by atoms with Crippen LogP contribution in [0.2, 0.25) is 0 Å². The first-order valence-electron chi connectivity index (χ1n) is 3.20. The van der Waals surface area contributed by atoms with Crippen LogP contribution in [0.4, 0.5) is 0 Å². The fourth-order valence-electron chi connectivity index (χ4n) is 0.692. The maximum atomic E-state index is 3.93. The summed E-state index contributed by atoms with van der Waals surface area (Å²) in [5, 5.41) is 7.84. The van der Waals surface area contributed by atoms with Crippen molar-refractivity contribution in [1.29, 1.82) is 0 Å². The number of halogens is 1. The second-order valence-electron chi connectivity index (χ2n) is 2.50. The third-order valence-corrected chi connectivity index (χ3v) is 2.22. The van der Waals surface area contributed by atoms with Crippen molar-refractivity contribution in [3.8, 4) is 0 Å². The molecule has 0 atom stereocenters. The number of hydrogen-bond donors (Lipinski definition) is 0. The van der Waals surface area contributed by atoms with Crippen molar-refractivity contribution < 1.29 is 0 Å². The first kappa shape index (κ1) is 7.72. The summed E-state index contributed by atoms with van der Waals surface area (Å²) in [6.07, 6.45) is 0. The molecule has 0 aromatic carbocycles. The Bertz CT molecular complexity index is 229. The lowest BCUT2D eigenvalue weighted by Gasteiger charge is -2.03. The second kappa shape index (κ2) is 2.70. The van der Waals surface area contributed by atoms with Crippen LogP contribution in [0.25, 0.3) is 0 Å². The van der Waals surface area contributed by atoms with Crippen molar-refractivity contribution in [2.24, 2.45) is 0 Å². The molecule has 0 fully saturated rings. The van der Waals surface area contributed by atoms with E-state index >= 15 is 0 Å². The van der Waals surface area contributed by atoms with Crippen molar-refractivity contribution in [3.63, 3.8) is 0 Å². The van der Waals surface area contributed by atoms with E-state index in [1.807, 2.05) is 11.6 Å². The molecule has 0 saturated heterocycles. The zero-order chi connectivity index (χ0) is 7.72. The molecule has 0 unspecified atom stereocenters. The van der Waals surface area contributed by atoms with Gasteiger partial charge in [0.05, 0.1) is 5.69 Å². The summed E-state index contributed by atoms with van der Waals surface area (Å²) >= 11 is 3.39. The minimum Gasteiger partial charge on any atom is -0.236 e. The quantitative estimate of drug-likeness (QED) is 0.699. The SMILES string of the molecule is Cc1nnn(C(C)C)c1Br. The van der Waals surface area contributed by atoms with Crippen LogP contribution in [0.5, 0.6) is 0 Å².